The molecule has 0 saturated heterocycles. The van der Waals surface area contributed by atoms with Gasteiger partial charge in [0.05, 0.1) is 17.8 Å². The lowest BCUT2D eigenvalue weighted by Gasteiger charge is -2.04. The number of fused-ring (bicyclic) bond motifs is 1. The summed E-state index contributed by atoms with van der Waals surface area (Å²) in [5, 5.41) is 5.18. The lowest BCUT2D eigenvalue weighted by molar-refractivity contribution is -0.115. The number of benzene rings is 1. The van der Waals surface area contributed by atoms with Crippen LogP contribution >= 0.6 is 22.6 Å². The molecule has 0 atom stereocenters. The van der Waals surface area contributed by atoms with Crippen molar-refractivity contribution >= 4 is 40.1 Å². The van der Waals surface area contributed by atoms with Gasteiger partial charge in [-0.2, -0.15) is 0 Å². The Kier molecular flexibility index (Phi) is 2.40. The van der Waals surface area contributed by atoms with Crippen LogP contribution in [0.25, 0.3) is 0 Å². The van der Waals surface area contributed by atoms with Crippen molar-refractivity contribution < 1.29 is 9.59 Å². The van der Waals surface area contributed by atoms with Crippen molar-refractivity contribution in [2.24, 2.45) is 0 Å². The van der Waals surface area contributed by atoms with Crippen LogP contribution in [0.3, 0.4) is 0 Å². The van der Waals surface area contributed by atoms with E-state index in [-0.39, 0.29) is 18.4 Å². The van der Waals surface area contributed by atoms with Gasteiger partial charge in [-0.15, -0.1) is 0 Å². The Bertz CT molecular complexity index is 417. The molecule has 1 aliphatic rings. The number of amides is 2. The van der Waals surface area contributed by atoms with Gasteiger partial charge in [0.2, 0.25) is 5.91 Å². The summed E-state index contributed by atoms with van der Waals surface area (Å²) in [5.41, 5.74) is 1.09. The van der Waals surface area contributed by atoms with E-state index >= 15 is 0 Å². The van der Waals surface area contributed by atoms with E-state index < -0.39 is 0 Å². The maximum atomic E-state index is 11.5. The molecule has 1 aromatic carbocycles. The van der Waals surface area contributed by atoms with Gasteiger partial charge in [-0.3, -0.25) is 9.59 Å². The maximum Gasteiger partial charge on any atom is 0.253 e. The number of hydrogen-bond donors (Lipinski definition) is 2. The first-order valence-corrected chi connectivity index (χ1v) is 5.12. The van der Waals surface area contributed by atoms with Gasteiger partial charge in [-0.25, -0.2) is 0 Å². The third-order valence-corrected chi connectivity index (χ3v) is 2.58. The molecule has 1 aromatic rings. The SMILES string of the molecule is O=C1CNC(=O)c2ccc(I)cc2N1. The van der Waals surface area contributed by atoms with Gasteiger partial charge in [0.15, 0.2) is 0 Å². The number of rotatable bonds is 0. The zero-order valence-corrected chi connectivity index (χ0v) is 9.29. The quantitative estimate of drug-likeness (QED) is 0.702. The summed E-state index contributed by atoms with van der Waals surface area (Å²) >= 11 is 2.13. The van der Waals surface area contributed by atoms with Gasteiger partial charge in [-0.1, -0.05) is 0 Å². The molecule has 0 unspecified atom stereocenters. The van der Waals surface area contributed by atoms with E-state index in [1.54, 1.807) is 12.1 Å². The highest BCUT2D eigenvalue weighted by Gasteiger charge is 2.18. The second-order valence-corrected chi connectivity index (χ2v) is 4.17. The van der Waals surface area contributed by atoms with Crippen LogP contribution in [-0.4, -0.2) is 18.4 Å². The number of hydrogen-bond acceptors (Lipinski definition) is 2. The van der Waals surface area contributed by atoms with Crippen LogP contribution in [0.4, 0.5) is 5.69 Å². The summed E-state index contributed by atoms with van der Waals surface area (Å²) in [5.74, 6) is -0.408. The van der Waals surface area contributed by atoms with Crippen molar-refractivity contribution in [3.05, 3.63) is 27.3 Å². The van der Waals surface area contributed by atoms with Crippen molar-refractivity contribution in [3.8, 4) is 0 Å². The van der Waals surface area contributed by atoms with Gasteiger partial charge in [0.1, 0.15) is 0 Å². The lowest BCUT2D eigenvalue weighted by atomic mass is 10.2. The maximum absolute atomic E-state index is 11.5. The molecule has 2 N–H and O–H groups in total. The van der Waals surface area contributed by atoms with E-state index in [1.165, 1.54) is 0 Å². The molecule has 1 aliphatic heterocycles. The minimum absolute atomic E-state index is 0.0318. The van der Waals surface area contributed by atoms with E-state index in [4.69, 9.17) is 0 Å². The van der Waals surface area contributed by atoms with Crippen molar-refractivity contribution in [2.45, 2.75) is 0 Å². The molecule has 0 radical (unpaired) electrons. The van der Waals surface area contributed by atoms with Crippen LogP contribution in [0.15, 0.2) is 18.2 Å². The Hall–Kier alpha value is -1.11. The van der Waals surface area contributed by atoms with E-state index in [0.717, 1.165) is 3.57 Å². The number of carbonyl (C=O) groups is 2. The Labute approximate surface area is 94.2 Å². The molecule has 0 aromatic heterocycles. The fourth-order valence-electron chi connectivity index (χ4n) is 1.27. The summed E-state index contributed by atoms with van der Waals surface area (Å²) in [6.07, 6.45) is 0. The highest BCUT2D eigenvalue weighted by molar-refractivity contribution is 14.1. The van der Waals surface area contributed by atoms with E-state index in [0.29, 0.717) is 11.3 Å². The van der Waals surface area contributed by atoms with Crippen molar-refractivity contribution in [2.75, 3.05) is 11.9 Å². The lowest BCUT2D eigenvalue weighted by Crippen LogP contribution is -2.28. The molecule has 14 heavy (non-hydrogen) atoms. The molecule has 4 nitrogen and oxygen atoms in total. The number of nitrogens with one attached hydrogen (secondary N) is 2. The Balaban J connectivity index is 2.52. The fraction of sp³-hybridized carbons (Fsp3) is 0.111. The molecule has 1 heterocycles. The minimum Gasteiger partial charge on any atom is -0.343 e. The molecule has 2 amide bonds. The number of anilines is 1. The third kappa shape index (κ3) is 1.72. The van der Waals surface area contributed by atoms with Gasteiger partial charge in [0.25, 0.3) is 5.91 Å². The average molecular weight is 302 g/mol. The Morgan fingerprint density at radius 2 is 2.07 bits per heavy atom. The zero-order chi connectivity index (χ0) is 10.1. The molecular formula is C9H7IN2O2. The van der Waals surface area contributed by atoms with Crippen molar-refractivity contribution in [1.29, 1.82) is 0 Å². The van der Waals surface area contributed by atoms with Crippen molar-refractivity contribution in [3.63, 3.8) is 0 Å². The molecule has 0 spiro atoms. The first-order valence-electron chi connectivity index (χ1n) is 4.04. The normalized spacial score (nSPS) is 15.2. The molecule has 0 saturated carbocycles. The standard InChI is InChI=1S/C9H7IN2O2/c10-5-1-2-6-7(3-5)12-8(13)4-11-9(6)14/h1-3H,4H2,(H,11,14)(H,12,13). The minimum atomic E-state index is -0.213. The summed E-state index contributed by atoms with van der Waals surface area (Å²) in [6, 6.07) is 5.31. The molecule has 0 aliphatic carbocycles. The van der Waals surface area contributed by atoms with Crippen LogP contribution in [0.5, 0.6) is 0 Å². The molecule has 2 rings (SSSR count). The van der Waals surface area contributed by atoms with Crippen LogP contribution in [-0.2, 0) is 4.79 Å². The first-order chi connectivity index (χ1) is 6.66. The largest absolute Gasteiger partial charge is 0.343 e. The smallest absolute Gasteiger partial charge is 0.253 e. The molecule has 0 fully saturated rings. The molecule has 72 valence electrons. The van der Waals surface area contributed by atoms with Gasteiger partial charge in [-0.05, 0) is 40.8 Å². The molecular weight excluding hydrogens is 295 g/mol. The van der Waals surface area contributed by atoms with E-state index in [9.17, 15) is 9.59 Å². The first kappa shape index (κ1) is 9.45. The van der Waals surface area contributed by atoms with Gasteiger partial charge < -0.3 is 10.6 Å². The van der Waals surface area contributed by atoms with Crippen LogP contribution in [0, 0.1) is 3.57 Å². The summed E-state index contributed by atoms with van der Waals surface area (Å²) in [4.78, 5) is 22.6. The monoisotopic (exact) mass is 302 g/mol. The highest BCUT2D eigenvalue weighted by atomic mass is 127. The van der Waals surface area contributed by atoms with Gasteiger partial charge >= 0.3 is 0 Å². The molecule has 5 heteroatoms. The summed E-state index contributed by atoms with van der Waals surface area (Å²) < 4.78 is 0.983. The molecule has 0 bridgehead atoms. The second-order valence-electron chi connectivity index (χ2n) is 2.92. The predicted octanol–water partition coefficient (Wildman–Crippen LogP) is 0.973. The van der Waals surface area contributed by atoms with E-state index in [2.05, 4.69) is 33.2 Å². The van der Waals surface area contributed by atoms with Crippen LogP contribution < -0.4 is 10.6 Å². The topological polar surface area (TPSA) is 58.2 Å². The van der Waals surface area contributed by atoms with Crippen LogP contribution in [0.2, 0.25) is 0 Å². The zero-order valence-electron chi connectivity index (χ0n) is 7.13. The summed E-state index contributed by atoms with van der Waals surface area (Å²) in [7, 11) is 0. The predicted molar refractivity (Wildman–Crippen MR) is 60.1 cm³/mol. The van der Waals surface area contributed by atoms with Crippen LogP contribution in [0.1, 0.15) is 10.4 Å². The summed E-state index contributed by atoms with van der Waals surface area (Å²) in [6.45, 7) is 0.0318. The fourth-order valence-corrected chi connectivity index (χ4v) is 1.76. The van der Waals surface area contributed by atoms with Gasteiger partial charge in [0, 0.05) is 3.57 Å². The number of halogens is 1. The van der Waals surface area contributed by atoms with Crippen molar-refractivity contribution in [1.82, 2.24) is 5.32 Å². The Morgan fingerprint density at radius 1 is 1.29 bits per heavy atom. The average Bonchev–Trinajstić information content (AvgIpc) is 2.26. The number of carbonyl (C=O) groups excluding carboxylic acids is 2. The Morgan fingerprint density at radius 3 is 2.86 bits per heavy atom. The second kappa shape index (κ2) is 3.56. The van der Waals surface area contributed by atoms with E-state index in [1.807, 2.05) is 6.07 Å². The third-order valence-electron chi connectivity index (χ3n) is 1.91. The highest BCUT2D eigenvalue weighted by Crippen LogP contribution is 2.20.